The van der Waals surface area contributed by atoms with Gasteiger partial charge in [0.15, 0.2) is 0 Å². The average molecular weight is 481 g/mol. The largest absolute Gasteiger partial charge is 0.507 e. The number of amides is 1. The first-order valence-corrected chi connectivity index (χ1v) is 11.7. The fraction of sp³-hybridized carbons (Fsp3) is 0.333. The molecule has 8 heteroatoms. The lowest BCUT2D eigenvalue weighted by molar-refractivity contribution is -0.140. The zero-order valence-electron chi connectivity index (χ0n) is 19.5. The Morgan fingerprint density at radius 1 is 1.14 bits per heavy atom. The van der Waals surface area contributed by atoms with Crippen LogP contribution in [-0.4, -0.2) is 72.6 Å². The summed E-state index contributed by atoms with van der Waals surface area (Å²) in [5, 5.41) is 11.1. The minimum Gasteiger partial charge on any atom is -0.507 e. The molecule has 0 radical (unpaired) electrons. The number of carbonyl (C=O) groups is 2. The molecule has 1 N–H and O–H groups in total. The molecular formula is C27H29FN2O5. The van der Waals surface area contributed by atoms with Crippen molar-refractivity contribution in [3.05, 3.63) is 83.7 Å². The molecule has 0 unspecified atom stereocenters. The lowest BCUT2D eigenvalue weighted by Crippen LogP contribution is -2.38. The van der Waals surface area contributed by atoms with Crippen LogP contribution in [0.25, 0.3) is 5.76 Å². The summed E-state index contributed by atoms with van der Waals surface area (Å²) >= 11 is 0. The van der Waals surface area contributed by atoms with Crippen molar-refractivity contribution in [1.29, 1.82) is 0 Å². The van der Waals surface area contributed by atoms with Crippen LogP contribution in [-0.2, 0) is 14.3 Å². The first kappa shape index (κ1) is 24.6. The van der Waals surface area contributed by atoms with Crippen molar-refractivity contribution >= 4 is 17.4 Å². The molecule has 0 saturated carbocycles. The highest BCUT2D eigenvalue weighted by molar-refractivity contribution is 6.46. The van der Waals surface area contributed by atoms with Crippen molar-refractivity contribution in [2.75, 3.05) is 46.0 Å². The Labute approximate surface area is 204 Å². The van der Waals surface area contributed by atoms with E-state index in [2.05, 4.69) is 11.5 Å². The monoisotopic (exact) mass is 480 g/mol. The molecule has 0 aromatic heterocycles. The highest BCUT2D eigenvalue weighted by atomic mass is 19.1. The van der Waals surface area contributed by atoms with Crippen molar-refractivity contribution in [1.82, 2.24) is 9.80 Å². The van der Waals surface area contributed by atoms with Gasteiger partial charge in [0.1, 0.15) is 23.9 Å². The average Bonchev–Trinajstić information content (AvgIpc) is 3.13. The third-order valence-corrected chi connectivity index (χ3v) is 6.18. The number of rotatable bonds is 9. The maximum atomic E-state index is 13.4. The number of ether oxygens (including phenoxy) is 2. The molecular weight excluding hydrogens is 451 g/mol. The van der Waals surface area contributed by atoms with Crippen LogP contribution in [0.3, 0.4) is 0 Å². The molecule has 35 heavy (non-hydrogen) atoms. The number of hydrogen-bond donors (Lipinski definition) is 1. The highest BCUT2D eigenvalue weighted by Gasteiger charge is 2.46. The molecule has 2 aliphatic rings. The molecule has 2 aromatic rings. The minimum atomic E-state index is -0.794. The quantitative estimate of drug-likeness (QED) is 0.256. The van der Waals surface area contributed by atoms with Gasteiger partial charge in [-0.1, -0.05) is 24.8 Å². The van der Waals surface area contributed by atoms with Gasteiger partial charge in [-0.15, -0.1) is 0 Å². The van der Waals surface area contributed by atoms with E-state index in [1.807, 2.05) is 0 Å². The second kappa shape index (κ2) is 11.3. The van der Waals surface area contributed by atoms with E-state index in [0.29, 0.717) is 44.1 Å². The standard InChI is InChI=1S/C27H29FN2O5/c1-2-15-35-22-6-3-5-20(18-22)24-23(25(31)19-7-9-21(28)10-8-19)26(32)27(33)30(24)12-4-11-29-13-16-34-17-14-29/h2-3,5-10,18,24,31H,1,4,11-17H2/b25-23+/t24-/m1/s1. The predicted molar refractivity (Wildman–Crippen MR) is 129 cm³/mol. The van der Waals surface area contributed by atoms with Gasteiger partial charge >= 0.3 is 0 Å². The molecule has 2 aromatic carbocycles. The van der Waals surface area contributed by atoms with Crippen LogP contribution < -0.4 is 4.74 Å². The van der Waals surface area contributed by atoms with Crippen LogP contribution in [0.4, 0.5) is 4.39 Å². The number of aliphatic hydroxyl groups is 1. The summed E-state index contributed by atoms with van der Waals surface area (Å²) < 4.78 is 24.5. The van der Waals surface area contributed by atoms with E-state index >= 15 is 0 Å². The van der Waals surface area contributed by atoms with E-state index in [1.165, 1.54) is 29.2 Å². The second-order valence-electron chi connectivity index (χ2n) is 8.48. The van der Waals surface area contributed by atoms with E-state index in [0.717, 1.165) is 19.6 Å². The van der Waals surface area contributed by atoms with Crippen molar-refractivity contribution in [3.8, 4) is 5.75 Å². The molecule has 1 atom stereocenters. The summed E-state index contributed by atoms with van der Waals surface area (Å²) in [6, 6.07) is 11.5. The van der Waals surface area contributed by atoms with Gasteiger partial charge in [-0.3, -0.25) is 14.5 Å². The highest BCUT2D eigenvalue weighted by Crippen LogP contribution is 2.40. The first-order valence-electron chi connectivity index (χ1n) is 11.7. The summed E-state index contributed by atoms with van der Waals surface area (Å²) in [5.41, 5.74) is 0.886. The molecule has 184 valence electrons. The SMILES string of the molecule is C=CCOc1cccc([C@@H]2/C(=C(\O)c3ccc(F)cc3)C(=O)C(=O)N2CCCN2CCOCC2)c1. The number of carbonyl (C=O) groups excluding carboxylic acids is 2. The number of Topliss-reactive ketones (excluding diaryl/α,β-unsaturated/α-hetero) is 1. The van der Waals surface area contributed by atoms with E-state index in [-0.39, 0.29) is 16.9 Å². The summed E-state index contributed by atoms with van der Waals surface area (Å²) in [5.74, 6) is -1.67. The van der Waals surface area contributed by atoms with E-state index < -0.39 is 23.5 Å². The Morgan fingerprint density at radius 2 is 1.89 bits per heavy atom. The van der Waals surface area contributed by atoms with Crippen LogP contribution in [0.5, 0.6) is 5.75 Å². The van der Waals surface area contributed by atoms with Crippen LogP contribution in [0.1, 0.15) is 23.6 Å². The van der Waals surface area contributed by atoms with Gasteiger partial charge in [-0.2, -0.15) is 0 Å². The summed E-state index contributed by atoms with van der Waals surface area (Å²) in [7, 11) is 0. The molecule has 0 spiro atoms. The fourth-order valence-corrected chi connectivity index (χ4v) is 4.44. The van der Waals surface area contributed by atoms with Gasteiger partial charge in [0.05, 0.1) is 24.8 Å². The van der Waals surface area contributed by atoms with Gasteiger partial charge in [0.2, 0.25) is 0 Å². The smallest absolute Gasteiger partial charge is 0.295 e. The Hall–Kier alpha value is -3.49. The van der Waals surface area contributed by atoms with E-state index in [9.17, 15) is 19.1 Å². The molecule has 7 nitrogen and oxygen atoms in total. The molecule has 0 bridgehead atoms. The normalized spacial score (nSPS) is 20.3. The number of aliphatic hydroxyl groups excluding tert-OH is 1. The number of halogens is 1. The molecule has 4 rings (SSSR count). The summed E-state index contributed by atoms with van der Waals surface area (Å²) in [6.07, 6.45) is 2.28. The Kier molecular flexibility index (Phi) is 7.94. The second-order valence-corrected chi connectivity index (χ2v) is 8.48. The molecule has 0 aliphatic carbocycles. The zero-order chi connectivity index (χ0) is 24.8. The zero-order valence-corrected chi connectivity index (χ0v) is 19.5. The maximum absolute atomic E-state index is 13.4. The lowest BCUT2D eigenvalue weighted by Gasteiger charge is -2.29. The number of hydrogen-bond acceptors (Lipinski definition) is 6. The van der Waals surface area contributed by atoms with Crippen LogP contribution in [0.2, 0.25) is 0 Å². The van der Waals surface area contributed by atoms with Gasteiger partial charge in [-0.25, -0.2) is 4.39 Å². The summed E-state index contributed by atoms with van der Waals surface area (Å²) in [4.78, 5) is 30.0. The topological polar surface area (TPSA) is 79.3 Å². The Balaban J connectivity index is 1.68. The number of likely N-dealkylation sites (tertiary alicyclic amines) is 1. The third kappa shape index (κ3) is 5.61. The van der Waals surface area contributed by atoms with Gasteiger partial charge in [0, 0.05) is 31.7 Å². The van der Waals surface area contributed by atoms with Crippen molar-refractivity contribution < 1.29 is 28.6 Å². The van der Waals surface area contributed by atoms with Gasteiger partial charge in [-0.05, 0) is 48.4 Å². The predicted octanol–water partition coefficient (Wildman–Crippen LogP) is 3.53. The van der Waals surface area contributed by atoms with Crippen molar-refractivity contribution in [2.24, 2.45) is 0 Å². The van der Waals surface area contributed by atoms with E-state index in [4.69, 9.17) is 9.47 Å². The Morgan fingerprint density at radius 3 is 2.60 bits per heavy atom. The fourth-order valence-electron chi connectivity index (χ4n) is 4.44. The summed E-state index contributed by atoms with van der Waals surface area (Å²) in [6.45, 7) is 8.08. The van der Waals surface area contributed by atoms with Crippen LogP contribution in [0.15, 0.2) is 66.8 Å². The molecule has 2 heterocycles. The van der Waals surface area contributed by atoms with Gasteiger partial charge in [0.25, 0.3) is 11.7 Å². The number of ketones is 1. The van der Waals surface area contributed by atoms with Crippen LogP contribution >= 0.6 is 0 Å². The van der Waals surface area contributed by atoms with Crippen LogP contribution in [0, 0.1) is 5.82 Å². The molecule has 2 saturated heterocycles. The first-order chi connectivity index (χ1) is 17.0. The van der Waals surface area contributed by atoms with Crippen molar-refractivity contribution in [3.63, 3.8) is 0 Å². The third-order valence-electron chi connectivity index (χ3n) is 6.18. The molecule has 2 fully saturated rings. The Bertz CT molecular complexity index is 1110. The van der Waals surface area contributed by atoms with Crippen molar-refractivity contribution in [2.45, 2.75) is 12.5 Å². The van der Waals surface area contributed by atoms with E-state index in [1.54, 1.807) is 30.3 Å². The van der Waals surface area contributed by atoms with Gasteiger partial charge < -0.3 is 19.5 Å². The molecule has 2 aliphatic heterocycles. The lowest BCUT2D eigenvalue weighted by atomic mass is 9.95. The minimum absolute atomic E-state index is 0.0196. The number of benzene rings is 2. The maximum Gasteiger partial charge on any atom is 0.295 e. The number of nitrogens with zero attached hydrogens (tertiary/aromatic N) is 2. The molecule has 1 amide bonds. The number of morpholine rings is 1.